The standard InChI is InChI=1S/C17H18N2OS/c1-12-11-20-17(19-12)21-16-9-14(7-8-15(16)10-18)13-5-3-2-4-6-13/h2-6,11,14-16H,7-9H2,1H3. The van der Waals surface area contributed by atoms with E-state index in [1.807, 2.05) is 13.0 Å². The second-order valence-electron chi connectivity index (χ2n) is 5.57. The maximum absolute atomic E-state index is 9.39. The molecule has 1 aliphatic carbocycles. The van der Waals surface area contributed by atoms with Crippen molar-refractivity contribution in [3.63, 3.8) is 0 Å². The molecule has 1 aromatic carbocycles. The smallest absolute Gasteiger partial charge is 0.256 e. The van der Waals surface area contributed by atoms with Crippen LogP contribution in [-0.2, 0) is 0 Å². The minimum atomic E-state index is 0.0853. The number of benzene rings is 1. The Morgan fingerprint density at radius 1 is 1.29 bits per heavy atom. The van der Waals surface area contributed by atoms with E-state index >= 15 is 0 Å². The number of nitrogens with zero attached hydrogens (tertiary/aromatic N) is 2. The predicted molar refractivity (Wildman–Crippen MR) is 83.0 cm³/mol. The summed E-state index contributed by atoms with van der Waals surface area (Å²) in [6.45, 7) is 1.92. The first-order chi connectivity index (χ1) is 10.3. The molecule has 3 unspecified atom stereocenters. The molecule has 2 aromatic rings. The van der Waals surface area contributed by atoms with Gasteiger partial charge in [-0.1, -0.05) is 42.1 Å². The SMILES string of the molecule is Cc1coc(SC2CC(c3ccccc3)CCC2C#N)n1. The lowest BCUT2D eigenvalue weighted by molar-refractivity contribution is 0.387. The van der Waals surface area contributed by atoms with Gasteiger partial charge >= 0.3 is 0 Å². The number of hydrogen-bond donors (Lipinski definition) is 0. The zero-order valence-corrected chi connectivity index (χ0v) is 12.8. The maximum atomic E-state index is 9.39. The fourth-order valence-electron chi connectivity index (χ4n) is 2.95. The van der Waals surface area contributed by atoms with Crippen molar-refractivity contribution in [2.24, 2.45) is 5.92 Å². The molecule has 108 valence electrons. The van der Waals surface area contributed by atoms with Crippen LogP contribution in [-0.4, -0.2) is 10.2 Å². The first-order valence-electron chi connectivity index (χ1n) is 7.29. The third-order valence-corrected chi connectivity index (χ3v) is 5.29. The third-order valence-electron chi connectivity index (χ3n) is 4.08. The van der Waals surface area contributed by atoms with Gasteiger partial charge < -0.3 is 4.42 Å². The van der Waals surface area contributed by atoms with Crippen LogP contribution in [0, 0.1) is 24.2 Å². The van der Waals surface area contributed by atoms with Crippen LogP contribution >= 0.6 is 11.8 Å². The summed E-state index contributed by atoms with van der Waals surface area (Å²) in [4.78, 5) is 4.36. The zero-order chi connectivity index (χ0) is 14.7. The lowest BCUT2D eigenvalue weighted by Crippen LogP contribution is -2.25. The van der Waals surface area contributed by atoms with Gasteiger partial charge in [0, 0.05) is 5.25 Å². The number of thioether (sulfide) groups is 1. The number of rotatable bonds is 3. The molecule has 0 amide bonds. The van der Waals surface area contributed by atoms with E-state index in [-0.39, 0.29) is 11.2 Å². The Morgan fingerprint density at radius 2 is 2.10 bits per heavy atom. The predicted octanol–water partition coefficient (Wildman–Crippen LogP) is 4.55. The van der Waals surface area contributed by atoms with Gasteiger partial charge in [0.15, 0.2) is 0 Å². The summed E-state index contributed by atoms with van der Waals surface area (Å²) in [5.74, 6) is 0.617. The van der Waals surface area contributed by atoms with Gasteiger partial charge in [0.05, 0.1) is 17.7 Å². The summed E-state index contributed by atoms with van der Waals surface area (Å²) < 4.78 is 5.44. The molecular weight excluding hydrogens is 280 g/mol. The molecular formula is C17H18N2OS. The van der Waals surface area contributed by atoms with Gasteiger partial charge in [-0.15, -0.1) is 0 Å². The van der Waals surface area contributed by atoms with Gasteiger partial charge in [0.1, 0.15) is 6.26 Å². The second kappa shape index (κ2) is 6.36. The summed E-state index contributed by atoms with van der Waals surface area (Å²) in [6.07, 6.45) is 4.72. The Labute approximate surface area is 129 Å². The topological polar surface area (TPSA) is 49.8 Å². The Hall–Kier alpha value is -1.73. The van der Waals surface area contributed by atoms with Crippen molar-refractivity contribution in [2.75, 3.05) is 0 Å². The summed E-state index contributed by atoms with van der Waals surface area (Å²) >= 11 is 1.62. The Balaban J connectivity index is 1.74. The van der Waals surface area contributed by atoms with E-state index in [2.05, 4.69) is 35.3 Å². The number of oxazole rings is 1. The van der Waals surface area contributed by atoms with Crippen molar-refractivity contribution in [1.29, 1.82) is 5.26 Å². The second-order valence-corrected chi connectivity index (χ2v) is 6.76. The van der Waals surface area contributed by atoms with Crippen molar-refractivity contribution in [3.8, 4) is 6.07 Å². The van der Waals surface area contributed by atoms with E-state index in [1.165, 1.54) is 5.56 Å². The fraction of sp³-hybridized carbons (Fsp3) is 0.412. The summed E-state index contributed by atoms with van der Waals surface area (Å²) in [6, 6.07) is 13.1. The highest BCUT2D eigenvalue weighted by Gasteiger charge is 2.33. The van der Waals surface area contributed by atoms with Gasteiger partial charge in [0.25, 0.3) is 5.22 Å². The average molecular weight is 298 g/mol. The Bertz CT molecular complexity index is 632. The van der Waals surface area contributed by atoms with Crippen LogP contribution in [0.3, 0.4) is 0 Å². The molecule has 1 fully saturated rings. The van der Waals surface area contributed by atoms with Gasteiger partial charge in [0.2, 0.25) is 0 Å². The van der Waals surface area contributed by atoms with Crippen LogP contribution < -0.4 is 0 Å². The minimum absolute atomic E-state index is 0.0853. The third kappa shape index (κ3) is 3.30. The maximum Gasteiger partial charge on any atom is 0.256 e. The zero-order valence-electron chi connectivity index (χ0n) is 12.0. The van der Waals surface area contributed by atoms with E-state index in [4.69, 9.17) is 4.42 Å². The molecule has 21 heavy (non-hydrogen) atoms. The van der Waals surface area contributed by atoms with Crippen LogP contribution in [0.2, 0.25) is 0 Å². The van der Waals surface area contributed by atoms with Crippen LogP contribution in [0.25, 0.3) is 0 Å². The molecule has 0 radical (unpaired) electrons. The van der Waals surface area contributed by atoms with Gasteiger partial charge in [-0.2, -0.15) is 5.26 Å². The van der Waals surface area contributed by atoms with E-state index < -0.39 is 0 Å². The van der Waals surface area contributed by atoms with Crippen molar-refractivity contribution in [1.82, 2.24) is 4.98 Å². The van der Waals surface area contributed by atoms with Gasteiger partial charge in [-0.3, -0.25) is 0 Å². The van der Waals surface area contributed by atoms with E-state index in [0.29, 0.717) is 11.1 Å². The molecule has 3 nitrogen and oxygen atoms in total. The first-order valence-corrected chi connectivity index (χ1v) is 8.17. The lowest BCUT2D eigenvalue weighted by Gasteiger charge is -2.31. The molecule has 1 heterocycles. The summed E-state index contributed by atoms with van der Waals surface area (Å²) in [7, 11) is 0. The summed E-state index contributed by atoms with van der Waals surface area (Å²) in [5, 5.41) is 10.3. The van der Waals surface area contributed by atoms with E-state index in [9.17, 15) is 5.26 Å². The molecule has 3 rings (SSSR count). The van der Waals surface area contributed by atoms with Crippen LogP contribution in [0.15, 0.2) is 46.2 Å². The lowest BCUT2D eigenvalue weighted by atomic mass is 9.79. The average Bonchev–Trinajstić information content (AvgIpc) is 2.93. The van der Waals surface area contributed by atoms with Crippen molar-refractivity contribution in [3.05, 3.63) is 47.9 Å². The molecule has 0 spiro atoms. The number of aryl methyl sites for hydroxylation is 1. The van der Waals surface area contributed by atoms with Crippen molar-refractivity contribution >= 4 is 11.8 Å². The molecule has 0 saturated heterocycles. The number of nitriles is 1. The molecule has 1 saturated carbocycles. The normalized spacial score (nSPS) is 25.4. The highest BCUT2D eigenvalue weighted by Crippen LogP contribution is 2.43. The molecule has 1 aliphatic rings. The van der Waals surface area contributed by atoms with Gasteiger partial charge in [-0.25, -0.2) is 4.98 Å². The molecule has 3 atom stereocenters. The molecule has 0 N–H and O–H groups in total. The van der Waals surface area contributed by atoms with Crippen molar-refractivity contribution < 1.29 is 4.42 Å². The fourth-order valence-corrected chi connectivity index (χ4v) is 4.20. The van der Waals surface area contributed by atoms with Crippen molar-refractivity contribution in [2.45, 2.75) is 42.6 Å². The van der Waals surface area contributed by atoms with E-state index in [0.717, 1.165) is 25.0 Å². The highest BCUT2D eigenvalue weighted by molar-refractivity contribution is 7.99. The van der Waals surface area contributed by atoms with E-state index in [1.54, 1.807) is 18.0 Å². The first kappa shape index (κ1) is 14.2. The molecule has 4 heteroatoms. The summed E-state index contributed by atoms with van der Waals surface area (Å²) in [5.41, 5.74) is 2.27. The van der Waals surface area contributed by atoms with Crippen LogP contribution in [0.5, 0.6) is 0 Å². The van der Waals surface area contributed by atoms with Crippen LogP contribution in [0.1, 0.15) is 36.4 Å². The largest absolute Gasteiger partial charge is 0.440 e. The van der Waals surface area contributed by atoms with Gasteiger partial charge in [-0.05, 0) is 37.7 Å². The molecule has 0 aliphatic heterocycles. The Morgan fingerprint density at radius 3 is 2.76 bits per heavy atom. The highest BCUT2D eigenvalue weighted by atomic mass is 32.2. The minimum Gasteiger partial charge on any atom is -0.440 e. The molecule has 1 aromatic heterocycles. The monoisotopic (exact) mass is 298 g/mol. The quantitative estimate of drug-likeness (QED) is 0.834. The molecule has 0 bridgehead atoms. The number of aromatic nitrogens is 1. The van der Waals surface area contributed by atoms with Crippen LogP contribution in [0.4, 0.5) is 0 Å². The Kier molecular flexibility index (Phi) is 4.31. The number of hydrogen-bond acceptors (Lipinski definition) is 4.